The molecule has 0 amide bonds. The van der Waals surface area contributed by atoms with Crippen LogP contribution in [0.5, 0.6) is 0 Å². The summed E-state index contributed by atoms with van der Waals surface area (Å²) in [5.41, 5.74) is 18.1. The minimum absolute atomic E-state index is 0.975. The van der Waals surface area contributed by atoms with Gasteiger partial charge >= 0.3 is 0 Å². The molecule has 2 nitrogen and oxygen atoms in total. The maximum atomic E-state index is 4.27. The Labute approximate surface area is 372 Å². The topological polar surface area (TPSA) is 6.48 Å². The first-order valence-corrected chi connectivity index (χ1v) is 21.4. The van der Waals surface area contributed by atoms with E-state index in [9.17, 15) is 0 Å². The second kappa shape index (κ2) is 19.0. The predicted molar refractivity (Wildman–Crippen MR) is 270 cm³/mol. The average molecular weight is 809 g/mol. The van der Waals surface area contributed by atoms with Crippen molar-refractivity contribution in [3.8, 4) is 44.5 Å². The fourth-order valence-electron chi connectivity index (χ4n) is 8.04. The molecule has 0 heterocycles. The van der Waals surface area contributed by atoms with Crippen LogP contribution in [0.2, 0.25) is 0 Å². The molecule has 9 rings (SSSR count). The summed E-state index contributed by atoms with van der Waals surface area (Å²) in [4.78, 5) is 4.60. The van der Waals surface area contributed by atoms with Crippen LogP contribution in [0.4, 0.5) is 28.4 Å². The van der Waals surface area contributed by atoms with Gasteiger partial charge in [0.2, 0.25) is 0 Å². The number of benzene rings is 9. The minimum Gasteiger partial charge on any atom is -0.311 e. The summed E-state index contributed by atoms with van der Waals surface area (Å²) in [5.74, 6) is 0. The van der Waals surface area contributed by atoms with E-state index in [1.165, 1.54) is 44.5 Å². The molecule has 0 saturated carbocycles. The second-order valence-electron chi connectivity index (χ2n) is 15.5. The third-order valence-corrected chi connectivity index (χ3v) is 11.5. The first kappa shape index (κ1) is 40.2. The Morgan fingerprint density at radius 3 is 0.889 bits per heavy atom. The molecule has 0 aromatic heterocycles. The van der Waals surface area contributed by atoms with Crippen LogP contribution < -0.4 is 9.80 Å². The largest absolute Gasteiger partial charge is 0.311 e. The Morgan fingerprint density at radius 1 is 0.317 bits per heavy atom. The smallest absolute Gasteiger partial charge is 0.0462 e. The number of rotatable bonds is 13. The Balaban J connectivity index is 1.03. The molecule has 0 N–H and O–H groups in total. The lowest BCUT2D eigenvalue weighted by Gasteiger charge is -2.27. The SMILES string of the molecule is C=C/C(=C\C=C(/C)c1ccccc1)N(c1ccc(-c2ccccc2)cc1)c1ccc(-c2ccc(N(c3ccc(-c4ccccc4)cc3)c3ccc(-c4ccccc4)cc3)cc2)cc1. The standard InChI is InChI=1S/C61H48N2/c1-3-56(35-24-46(2)47-16-8-4-9-17-47)62(57-36-25-51(26-37-57)48-18-10-5-11-19-48)58-38-31-54(32-39-58)55-33-44-61(45-34-55)63(59-40-27-52(28-41-59)49-20-12-6-13-21-49)60-42-29-53(30-43-60)50-22-14-7-15-23-50/h3-45H,1H2,2H3/b46-24+,56-35+. The second-order valence-corrected chi connectivity index (χ2v) is 15.5. The maximum Gasteiger partial charge on any atom is 0.0462 e. The molecule has 0 spiro atoms. The molecule has 0 radical (unpaired) electrons. The van der Waals surface area contributed by atoms with Crippen molar-refractivity contribution in [3.05, 3.63) is 279 Å². The average Bonchev–Trinajstić information content (AvgIpc) is 3.37. The molecule has 0 bridgehead atoms. The Bertz CT molecular complexity index is 2850. The zero-order chi connectivity index (χ0) is 42.8. The molecule has 0 aliphatic heterocycles. The van der Waals surface area contributed by atoms with E-state index in [0.717, 1.165) is 45.3 Å². The molecule has 0 saturated heterocycles. The summed E-state index contributed by atoms with van der Waals surface area (Å²) in [5, 5.41) is 0. The maximum absolute atomic E-state index is 4.27. The highest BCUT2D eigenvalue weighted by Crippen LogP contribution is 2.39. The molecule has 2 heteroatoms. The van der Waals surface area contributed by atoms with E-state index in [2.05, 4.69) is 272 Å². The quantitative estimate of drug-likeness (QED) is 0.107. The zero-order valence-corrected chi connectivity index (χ0v) is 35.4. The summed E-state index contributed by atoms with van der Waals surface area (Å²) < 4.78 is 0. The van der Waals surface area contributed by atoms with Gasteiger partial charge in [-0.15, -0.1) is 0 Å². The van der Waals surface area contributed by atoms with Gasteiger partial charge in [0, 0.05) is 34.1 Å². The van der Waals surface area contributed by atoms with Gasteiger partial charge in [-0.2, -0.15) is 0 Å². The van der Waals surface area contributed by atoms with Crippen molar-refractivity contribution in [1.29, 1.82) is 0 Å². The van der Waals surface area contributed by atoms with Crippen LogP contribution >= 0.6 is 0 Å². The van der Waals surface area contributed by atoms with E-state index in [1.807, 2.05) is 12.1 Å². The number of hydrogen-bond acceptors (Lipinski definition) is 2. The summed E-state index contributed by atoms with van der Waals surface area (Å²) in [6, 6.07) is 86.2. The highest BCUT2D eigenvalue weighted by atomic mass is 15.1. The first-order chi connectivity index (χ1) is 31.1. The lowest BCUT2D eigenvalue weighted by molar-refractivity contribution is 1.21. The molecule has 63 heavy (non-hydrogen) atoms. The van der Waals surface area contributed by atoms with Gasteiger partial charge in [0.05, 0.1) is 0 Å². The summed E-state index contributed by atoms with van der Waals surface area (Å²) in [6.07, 6.45) is 6.26. The van der Waals surface area contributed by atoms with Crippen LogP contribution in [0.3, 0.4) is 0 Å². The predicted octanol–water partition coefficient (Wildman–Crippen LogP) is 17.1. The van der Waals surface area contributed by atoms with Crippen LogP contribution in [0, 0.1) is 0 Å². The fraction of sp³-hybridized carbons (Fsp3) is 0.0164. The molecule has 0 aliphatic carbocycles. The lowest BCUT2D eigenvalue weighted by atomic mass is 10.0. The molecule has 0 fully saturated rings. The van der Waals surface area contributed by atoms with Crippen LogP contribution in [0.25, 0.3) is 50.1 Å². The molecule has 0 unspecified atom stereocenters. The number of anilines is 5. The fourth-order valence-corrected chi connectivity index (χ4v) is 8.04. The van der Waals surface area contributed by atoms with Crippen molar-refractivity contribution in [2.24, 2.45) is 0 Å². The van der Waals surface area contributed by atoms with Crippen molar-refractivity contribution >= 4 is 34.0 Å². The van der Waals surface area contributed by atoms with E-state index < -0.39 is 0 Å². The van der Waals surface area contributed by atoms with Gasteiger partial charge in [-0.25, -0.2) is 0 Å². The number of allylic oxidation sites excluding steroid dienone is 4. The highest BCUT2D eigenvalue weighted by molar-refractivity contribution is 5.82. The zero-order valence-electron chi connectivity index (χ0n) is 35.4. The minimum atomic E-state index is 0.975. The third-order valence-electron chi connectivity index (χ3n) is 11.5. The molecule has 9 aromatic rings. The van der Waals surface area contributed by atoms with Gasteiger partial charge in [-0.1, -0.05) is 195 Å². The molecule has 302 valence electrons. The summed E-state index contributed by atoms with van der Waals surface area (Å²) >= 11 is 0. The normalized spacial score (nSPS) is 11.5. The van der Waals surface area contributed by atoms with Crippen molar-refractivity contribution < 1.29 is 0 Å². The van der Waals surface area contributed by atoms with Crippen LogP contribution in [0.15, 0.2) is 273 Å². The molecular formula is C61H48N2. The van der Waals surface area contributed by atoms with Crippen molar-refractivity contribution in [2.45, 2.75) is 6.92 Å². The van der Waals surface area contributed by atoms with E-state index in [-0.39, 0.29) is 0 Å². The van der Waals surface area contributed by atoms with E-state index in [1.54, 1.807) is 0 Å². The van der Waals surface area contributed by atoms with Crippen molar-refractivity contribution in [2.75, 3.05) is 9.80 Å². The van der Waals surface area contributed by atoms with Crippen molar-refractivity contribution in [1.82, 2.24) is 0 Å². The number of hydrogen-bond donors (Lipinski definition) is 0. The highest BCUT2D eigenvalue weighted by Gasteiger charge is 2.16. The van der Waals surface area contributed by atoms with Gasteiger partial charge in [0.15, 0.2) is 0 Å². The third kappa shape index (κ3) is 9.27. The van der Waals surface area contributed by atoms with Crippen LogP contribution in [0.1, 0.15) is 12.5 Å². The molecular weight excluding hydrogens is 761 g/mol. The summed E-state index contributed by atoms with van der Waals surface area (Å²) in [7, 11) is 0. The number of nitrogens with zero attached hydrogens (tertiary/aromatic N) is 2. The van der Waals surface area contributed by atoms with Crippen molar-refractivity contribution in [3.63, 3.8) is 0 Å². The first-order valence-electron chi connectivity index (χ1n) is 21.4. The van der Waals surface area contributed by atoms with Crippen LogP contribution in [-0.4, -0.2) is 0 Å². The van der Waals surface area contributed by atoms with Gasteiger partial charge in [-0.3, -0.25) is 0 Å². The van der Waals surface area contributed by atoms with E-state index in [4.69, 9.17) is 0 Å². The Kier molecular flexibility index (Phi) is 12.1. The Morgan fingerprint density at radius 2 is 0.587 bits per heavy atom. The van der Waals surface area contributed by atoms with E-state index >= 15 is 0 Å². The lowest BCUT2D eigenvalue weighted by Crippen LogP contribution is -2.15. The molecule has 0 aliphatic rings. The van der Waals surface area contributed by atoms with Crippen LogP contribution in [-0.2, 0) is 0 Å². The van der Waals surface area contributed by atoms with Gasteiger partial charge in [-0.05, 0) is 135 Å². The monoisotopic (exact) mass is 808 g/mol. The molecule has 9 aromatic carbocycles. The Hall–Kier alpha value is -8.20. The molecule has 0 atom stereocenters. The van der Waals surface area contributed by atoms with Gasteiger partial charge in [0.25, 0.3) is 0 Å². The summed E-state index contributed by atoms with van der Waals surface area (Å²) in [6.45, 7) is 6.42. The van der Waals surface area contributed by atoms with Gasteiger partial charge < -0.3 is 9.80 Å². The van der Waals surface area contributed by atoms with Gasteiger partial charge in [0.1, 0.15) is 0 Å². The van der Waals surface area contributed by atoms with E-state index in [0.29, 0.717) is 0 Å².